The van der Waals surface area contributed by atoms with Gasteiger partial charge in [0.15, 0.2) is 0 Å². The number of nitrogens with zero attached hydrogens (tertiary/aromatic N) is 1. The van der Waals surface area contributed by atoms with Gasteiger partial charge in [-0.1, -0.05) is 46.0 Å². The van der Waals surface area contributed by atoms with Gasteiger partial charge in [0.1, 0.15) is 6.04 Å². The molecule has 0 aromatic rings. The van der Waals surface area contributed by atoms with Gasteiger partial charge in [-0.2, -0.15) is 0 Å². The summed E-state index contributed by atoms with van der Waals surface area (Å²) >= 11 is 0. The maximum absolute atomic E-state index is 12.2. The average molecular weight is 284 g/mol. The van der Waals surface area contributed by atoms with Crippen LogP contribution in [-0.2, 0) is 4.79 Å². The van der Waals surface area contributed by atoms with Gasteiger partial charge in [-0.05, 0) is 18.8 Å². The van der Waals surface area contributed by atoms with Crippen molar-refractivity contribution in [2.45, 2.75) is 70.9 Å². The predicted molar refractivity (Wildman–Crippen MR) is 78.7 cm³/mol. The number of carboxylic acid groups (broad SMARTS) is 1. The largest absolute Gasteiger partial charge is 0.480 e. The number of carbonyl (C=O) groups is 2. The fourth-order valence-electron chi connectivity index (χ4n) is 2.73. The highest BCUT2D eigenvalue weighted by Gasteiger charge is 2.28. The third-order valence-electron chi connectivity index (χ3n) is 4.45. The number of carbonyl (C=O) groups excluding carboxylic acids is 1. The zero-order valence-corrected chi connectivity index (χ0v) is 12.9. The first kappa shape index (κ1) is 16.8. The second-order valence-corrected chi connectivity index (χ2v) is 5.91. The third-order valence-corrected chi connectivity index (χ3v) is 4.45. The van der Waals surface area contributed by atoms with Gasteiger partial charge in [0.2, 0.25) is 0 Å². The maximum Gasteiger partial charge on any atom is 0.326 e. The molecule has 0 bridgehead atoms. The number of amides is 2. The molecule has 0 aliphatic heterocycles. The lowest BCUT2D eigenvalue weighted by atomic mass is 9.99. The SMILES string of the molecule is CCC(C)C(NC(=O)N(C)C1CCCCCC1)C(=O)O. The van der Waals surface area contributed by atoms with E-state index in [0.29, 0.717) is 0 Å². The van der Waals surface area contributed by atoms with Crippen molar-refractivity contribution in [2.24, 2.45) is 5.92 Å². The Morgan fingerprint density at radius 2 is 1.80 bits per heavy atom. The smallest absolute Gasteiger partial charge is 0.326 e. The van der Waals surface area contributed by atoms with Crippen molar-refractivity contribution in [3.63, 3.8) is 0 Å². The fraction of sp³-hybridized carbons (Fsp3) is 0.867. The van der Waals surface area contributed by atoms with Gasteiger partial charge in [0.05, 0.1) is 0 Å². The van der Waals surface area contributed by atoms with E-state index in [1.807, 2.05) is 13.8 Å². The van der Waals surface area contributed by atoms with E-state index in [0.717, 1.165) is 32.1 Å². The standard InChI is InChI=1S/C15H28N2O3/c1-4-11(2)13(14(18)19)16-15(20)17(3)12-9-7-5-6-8-10-12/h11-13H,4-10H2,1-3H3,(H,16,20)(H,18,19). The third kappa shape index (κ3) is 4.69. The molecule has 2 unspecified atom stereocenters. The van der Waals surface area contributed by atoms with Gasteiger partial charge >= 0.3 is 12.0 Å². The molecule has 116 valence electrons. The summed E-state index contributed by atoms with van der Waals surface area (Å²) < 4.78 is 0. The second-order valence-electron chi connectivity index (χ2n) is 5.91. The Labute approximate surface area is 121 Å². The Balaban J connectivity index is 2.60. The van der Waals surface area contributed by atoms with Gasteiger partial charge < -0.3 is 15.3 Å². The van der Waals surface area contributed by atoms with E-state index >= 15 is 0 Å². The summed E-state index contributed by atoms with van der Waals surface area (Å²) in [6, 6.07) is -0.825. The number of hydrogen-bond acceptors (Lipinski definition) is 2. The second kappa shape index (κ2) is 8.12. The Bertz CT molecular complexity index is 325. The number of aliphatic carboxylic acids is 1. The maximum atomic E-state index is 12.2. The molecular formula is C15H28N2O3. The summed E-state index contributed by atoms with van der Waals surface area (Å²) in [6.45, 7) is 3.78. The lowest BCUT2D eigenvalue weighted by molar-refractivity contribution is -0.140. The van der Waals surface area contributed by atoms with Crippen molar-refractivity contribution in [1.82, 2.24) is 10.2 Å². The first-order valence-electron chi connectivity index (χ1n) is 7.73. The molecule has 2 atom stereocenters. The minimum atomic E-state index is -0.957. The van der Waals surface area contributed by atoms with Crippen LogP contribution in [0.15, 0.2) is 0 Å². The molecule has 2 amide bonds. The normalized spacial score (nSPS) is 19.8. The van der Waals surface area contributed by atoms with Crippen molar-refractivity contribution in [3.05, 3.63) is 0 Å². The molecule has 0 spiro atoms. The van der Waals surface area contributed by atoms with Crippen molar-refractivity contribution in [2.75, 3.05) is 7.05 Å². The highest BCUT2D eigenvalue weighted by molar-refractivity contribution is 5.82. The molecule has 0 aromatic carbocycles. The molecule has 1 saturated carbocycles. The van der Waals surface area contributed by atoms with E-state index in [9.17, 15) is 14.7 Å². The molecular weight excluding hydrogens is 256 g/mol. The summed E-state index contributed by atoms with van der Waals surface area (Å²) in [7, 11) is 1.78. The molecule has 1 fully saturated rings. The van der Waals surface area contributed by atoms with Crippen LogP contribution in [-0.4, -0.2) is 41.1 Å². The minimum Gasteiger partial charge on any atom is -0.480 e. The van der Waals surface area contributed by atoms with E-state index in [1.54, 1.807) is 11.9 Å². The molecule has 5 heteroatoms. The Morgan fingerprint density at radius 1 is 1.25 bits per heavy atom. The fourth-order valence-corrected chi connectivity index (χ4v) is 2.73. The number of nitrogens with one attached hydrogen (secondary N) is 1. The summed E-state index contributed by atoms with van der Waals surface area (Å²) in [5.74, 6) is -1.03. The van der Waals surface area contributed by atoms with E-state index in [2.05, 4.69) is 5.32 Å². The molecule has 1 aliphatic carbocycles. The molecule has 2 N–H and O–H groups in total. The van der Waals surface area contributed by atoms with E-state index < -0.39 is 12.0 Å². The summed E-state index contributed by atoms with van der Waals surface area (Å²) in [5, 5.41) is 11.9. The molecule has 0 saturated heterocycles. The number of rotatable bonds is 5. The van der Waals surface area contributed by atoms with Crippen molar-refractivity contribution < 1.29 is 14.7 Å². The molecule has 1 aliphatic rings. The summed E-state index contributed by atoms with van der Waals surface area (Å²) in [6.07, 6.45) is 7.53. The quantitative estimate of drug-likeness (QED) is 0.763. The Morgan fingerprint density at radius 3 is 2.25 bits per heavy atom. The summed E-state index contributed by atoms with van der Waals surface area (Å²) in [5.41, 5.74) is 0. The topological polar surface area (TPSA) is 69.6 Å². The van der Waals surface area contributed by atoms with Crippen LogP contribution in [0.25, 0.3) is 0 Å². The molecule has 1 rings (SSSR count). The first-order valence-corrected chi connectivity index (χ1v) is 7.73. The van der Waals surface area contributed by atoms with Crippen molar-refractivity contribution >= 4 is 12.0 Å². The van der Waals surface area contributed by atoms with Crippen molar-refractivity contribution in [3.8, 4) is 0 Å². The lowest BCUT2D eigenvalue weighted by Gasteiger charge is -2.30. The highest BCUT2D eigenvalue weighted by Crippen LogP contribution is 2.21. The zero-order valence-electron chi connectivity index (χ0n) is 12.9. The van der Waals surface area contributed by atoms with Crippen LogP contribution in [0.3, 0.4) is 0 Å². The summed E-state index contributed by atoms with van der Waals surface area (Å²) in [4.78, 5) is 25.2. The van der Waals surface area contributed by atoms with Crippen LogP contribution in [0, 0.1) is 5.92 Å². The van der Waals surface area contributed by atoms with Gasteiger partial charge in [0, 0.05) is 13.1 Å². The molecule has 0 aromatic heterocycles. The van der Waals surface area contributed by atoms with E-state index in [-0.39, 0.29) is 18.0 Å². The van der Waals surface area contributed by atoms with Crippen molar-refractivity contribution in [1.29, 1.82) is 0 Å². The first-order chi connectivity index (χ1) is 9.47. The number of carboxylic acids is 1. The van der Waals surface area contributed by atoms with Gasteiger partial charge in [-0.3, -0.25) is 0 Å². The Hall–Kier alpha value is -1.26. The molecule has 5 nitrogen and oxygen atoms in total. The number of hydrogen-bond donors (Lipinski definition) is 2. The monoisotopic (exact) mass is 284 g/mol. The van der Waals surface area contributed by atoms with Crippen LogP contribution < -0.4 is 5.32 Å². The molecule has 20 heavy (non-hydrogen) atoms. The molecule has 0 radical (unpaired) electrons. The lowest BCUT2D eigenvalue weighted by Crippen LogP contribution is -2.51. The Kier molecular flexibility index (Phi) is 6.82. The van der Waals surface area contributed by atoms with Crippen LogP contribution in [0.5, 0.6) is 0 Å². The van der Waals surface area contributed by atoms with Crippen LogP contribution >= 0.6 is 0 Å². The predicted octanol–water partition coefficient (Wildman–Crippen LogP) is 2.85. The molecule has 0 heterocycles. The van der Waals surface area contributed by atoms with Crippen LogP contribution in [0.4, 0.5) is 4.79 Å². The van der Waals surface area contributed by atoms with E-state index in [4.69, 9.17) is 0 Å². The van der Waals surface area contributed by atoms with Crippen LogP contribution in [0.2, 0.25) is 0 Å². The van der Waals surface area contributed by atoms with E-state index in [1.165, 1.54) is 12.8 Å². The number of urea groups is 1. The van der Waals surface area contributed by atoms with Gasteiger partial charge in [-0.15, -0.1) is 0 Å². The van der Waals surface area contributed by atoms with Gasteiger partial charge in [-0.25, -0.2) is 9.59 Å². The van der Waals surface area contributed by atoms with Gasteiger partial charge in [0.25, 0.3) is 0 Å². The van der Waals surface area contributed by atoms with Crippen LogP contribution in [0.1, 0.15) is 58.8 Å². The highest BCUT2D eigenvalue weighted by atomic mass is 16.4. The zero-order chi connectivity index (χ0) is 15.1. The minimum absolute atomic E-state index is 0.0704. The average Bonchev–Trinajstić information content (AvgIpc) is 2.71.